The Morgan fingerprint density at radius 2 is 2.27 bits per heavy atom. The molecule has 0 saturated carbocycles. The van der Waals surface area contributed by atoms with Crippen LogP contribution in [0.25, 0.3) is 0 Å². The van der Waals surface area contributed by atoms with Crippen LogP contribution >= 0.6 is 0 Å². The van der Waals surface area contributed by atoms with Crippen LogP contribution in [-0.2, 0) is 0 Å². The lowest BCUT2D eigenvalue weighted by atomic mass is 10.3. The maximum absolute atomic E-state index is 10.7. The third-order valence-electron chi connectivity index (χ3n) is 1.93. The van der Waals surface area contributed by atoms with Crippen molar-refractivity contribution in [3.8, 4) is 6.01 Å². The van der Waals surface area contributed by atoms with Crippen molar-refractivity contribution in [2.75, 3.05) is 0 Å². The van der Waals surface area contributed by atoms with E-state index in [1.807, 2.05) is 13.8 Å². The normalized spacial score (nSPS) is 12.2. The second-order valence-corrected chi connectivity index (χ2v) is 3.32. The molecule has 0 aromatic carbocycles. The van der Waals surface area contributed by atoms with E-state index in [0.29, 0.717) is 5.69 Å². The average molecular weight is 210 g/mol. The van der Waals surface area contributed by atoms with Gasteiger partial charge in [-0.1, -0.05) is 6.92 Å². The lowest BCUT2D eigenvalue weighted by Crippen LogP contribution is -2.14. The van der Waals surface area contributed by atoms with Crippen LogP contribution in [0.2, 0.25) is 0 Å². The molecule has 1 unspecified atom stereocenters. The Balaban J connectivity index is 2.93. The minimum atomic E-state index is -1.07. The molecular formula is C10H14N2O3. The number of hydrogen-bond acceptors (Lipinski definition) is 4. The molecule has 0 radical (unpaired) electrons. The maximum atomic E-state index is 10.7. The molecule has 0 aliphatic carbocycles. The van der Waals surface area contributed by atoms with Gasteiger partial charge < -0.3 is 9.84 Å². The summed E-state index contributed by atoms with van der Waals surface area (Å²) in [5.41, 5.74) is 0.543. The standard InChI is InChI=1S/C10H14N2O3/c1-4-7(3)15-10-11-6(2)5-8(12-10)9(13)14/h5,7H,4H2,1-3H3,(H,13,14). The van der Waals surface area contributed by atoms with Gasteiger partial charge in [0.05, 0.1) is 6.10 Å². The van der Waals surface area contributed by atoms with Crippen LogP contribution < -0.4 is 4.74 Å². The molecule has 1 rings (SSSR count). The second kappa shape index (κ2) is 4.72. The molecule has 1 aromatic rings. The topological polar surface area (TPSA) is 72.3 Å². The number of carbonyl (C=O) groups is 1. The number of aryl methyl sites for hydroxylation is 1. The number of carboxylic acid groups (broad SMARTS) is 1. The van der Waals surface area contributed by atoms with Crippen molar-refractivity contribution >= 4 is 5.97 Å². The van der Waals surface area contributed by atoms with E-state index in [0.717, 1.165) is 6.42 Å². The molecular weight excluding hydrogens is 196 g/mol. The van der Waals surface area contributed by atoms with E-state index in [9.17, 15) is 4.79 Å². The molecule has 0 aliphatic rings. The van der Waals surface area contributed by atoms with Gasteiger partial charge in [0.25, 0.3) is 0 Å². The Morgan fingerprint density at radius 1 is 1.60 bits per heavy atom. The smallest absolute Gasteiger partial charge is 0.354 e. The van der Waals surface area contributed by atoms with Crippen molar-refractivity contribution in [2.45, 2.75) is 33.3 Å². The summed E-state index contributed by atoms with van der Waals surface area (Å²) in [7, 11) is 0. The molecule has 15 heavy (non-hydrogen) atoms. The van der Waals surface area contributed by atoms with Gasteiger partial charge in [-0.2, -0.15) is 4.98 Å². The van der Waals surface area contributed by atoms with Crippen molar-refractivity contribution in [3.63, 3.8) is 0 Å². The van der Waals surface area contributed by atoms with Crippen LogP contribution in [0.15, 0.2) is 6.07 Å². The first-order valence-electron chi connectivity index (χ1n) is 4.78. The molecule has 0 fully saturated rings. The summed E-state index contributed by atoms with van der Waals surface area (Å²) < 4.78 is 5.35. The Labute approximate surface area is 88.1 Å². The number of carboxylic acids is 1. The van der Waals surface area contributed by atoms with E-state index in [4.69, 9.17) is 9.84 Å². The first-order valence-corrected chi connectivity index (χ1v) is 4.78. The van der Waals surface area contributed by atoms with Crippen LogP contribution in [0.5, 0.6) is 6.01 Å². The van der Waals surface area contributed by atoms with Gasteiger partial charge in [-0.05, 0) is 26.3 Å². The first kappa shape index (κ1) is 11.4. The van der Waals surface area contributed by atoms with Crippen LogP contribution in [-0.4, -0.2) is 27.1 Å². The molecule has 0 amide bonds. The maximum Gasteiger partial charge on any atom is 0.354 e. The summed E-state index contributed by atoms with van der Waals surface area (Å²) in [6.45, 7) is 5.56. The summed E-state index contributed by atoms with van der Waals surface area (Å²) in [6, 6.07) is 1.54. The van der Waals surface area contributed by atoms with E-state index in [2.05, 4.69) is 9.97 Å². The number of nitrogens with zero attached hydrogens (tertiary/aromatic N) is 2. The fourth-order valence-electron chi connectivity index (χ4n) is 0.967. The summed E-state index contributed by atoms with van der Waals surface area (Å²) in [4.78, 5) is 18.5. The minimum Gasteiger partial charge on any atom is -0.477 e. The molecule has 0 saturated heterocycles. The van der Waals surface area contributed by atoms with Crippen molar-refractivity contribution < 1.29 is 14.6 Å². The number of hydrogen-bond donors (Lipinski definition) is 1. The Hall–Kier alpha value is -1.65. The molecule has 1 aromatic heterocycles. The summed E-state index contributed by atoms with van der Waals surface area (Å²) in [5, 5.41) is 8.78. The SMILES string of the molecule is CCC(C)Oc1nc(C)cc(C(=O)O)n1. The van der Waals surface area contributed by atoms with Gasteiger partial charge in [-0.15, -0.1) is 0 Å². The summed E-state index contributed by atoms with van der Waals surface area (Å²) in [6.07, 6.45) is 0.799. The molecule has 1 N–H and O–H groups in total. The number of aromatic nitrogens is 2. The van der Waals surface area contributed by atoms with Crippen molar-refractivity contribution in [1.82, 2.24) is 9.97 Å². The first-order chi connectivity index (χ1) is 7.02. The zero-order chi connectivity index (χ0) is 11.4. The Bertz CT molecular complexity index is 366. The van der Waals surface area contributed by atoms with Gasteiger partial charge in [0.2, 0.25) is 0 Å². The summed E-state index contributed by atoms with van der Waals surface area (Å²) in [5.74, 6) is -1.07. The fourth-order valence-corrected chi connectivity index (χ4v) is 0.967. The average Bonchev–Trinajstić information content (AvgIpc) is 2.16. The van der Waals surface area contributed by atoms with Crippen molar-refractivity contribution in [2.24, 2.45) is 0 Å². The highest BCUT2D eigenvalue weighted by Crippen LogP contribution is 2.09. The van der Waals surface area contributed by atoms with Crippen LogP contribution in [0.3, 0.4) is 0 Å². The molecule has 82 valence electrons. The second-order valence-electron chi connectivity index (χ2n) is 3.32. The van der Waals surface area contributed by atoms with E-state index < -0.39 is 5.97 Å². The quantitative estimate of drug-likeness (QED) is 0.818. The van der Waals surface area contributed by atoms with Gasteiger partial charge in [0.15, 0.2) is 5.69 Å². The summed E-state index contributed by atoms with van der Waals surface area (Å²) >= 11 is 0. The van der Waals surface area contributed by atoms with Crippen LogP contribution in [0.4, 0.5) is 0 Å². The number of rotatable bonds is 4. The van der Waals surface area contributed by atoms with Crippen molar-refractivity contribution in [1.29, 1.82) is 0 Å². The van der Waals surface area contributed by atoms with Gasteiger partial charge >= 0.3 is 12.0 Å². The van der Waals surface area contributed by atoms with Gasteiger partial charge in [0, 0.05) is 5.69 Å². The molecule has 5 heteroatoms. The third kappa shape index (κ3) is 3.19. The highest BCUT2D eigenvalue weighted by molar-refractivity contribution is 5.85. The largest absolute Gasteiger partial charge is 0.477 e. The zero-order valence-electron chi connectivity index (χ0n) is 9.02. The predicted octanol–water partition coefficient (Wildman–Crippen LogP) is 1.66. The zero-order valence-corrected chi connectivity index (χ0v) is 9.02. The Morgan fingerprint density at radius 3 is 2.80 bits per heavy atom. The van der Waals surface area contributed by atoms with Crippen LogP contribution in [0, 0.1) is 6.92 Å². The lowest BCUT2D eigenvalue weighted by molar-refractivity contribution is 0.0687. The van der Waals surface area contributed by atoms with Gasteiger partial charge in [-0.25, -0.2) is 9.78 Å². The predicted molar refractivity (Wildman–Crippen MR) is 54.1 cm³/mol. The number of ether oxygens (including phenoxy) is 1. The van der Waals surface area contributed by atoms with Crippen LogP contribution in [0.1, 0.15) is 36.5 Å². The molecule has 1 heterocycles. The monoisotopic (exact) mass is 210 g/mol. The van der Waals surface area contributed by atoms with Crippen molar-refractivity contribution in [3.05, 3.63) is 17.5 Å². The van der Waals surface area contributed by atoms with Gasteiger partial charge in [-0.3, -0.25) is 0 Å². The fraction of sp³-hybridized carbons (Fsp3) is 0.500. The minimum absolute atomic E-state index is 0.0200. The lowest BCUT2D eigenvalue weighted by Gasteiger charge is -2.10. The third-order valence-corrected chi connectivity index (χ3v) is 1.93. The molecule has 0 spiro atoms. The van der Waals surface area contributed by atoms with E-state index in [1.165, 1.54) is 6.07 Å². The van der Waals surface area contributed by atoms with Gasteiger partial charge in [0.1, 0.15) is 0 Å². The Kier molecular flexibility index (Phi) is 3.60. The molecule has 0 aliphatic heterocycles. The molecule has 0 bridgehead atoms. The van der Waals surface area contributed by atoms with E-state index >= 15 is 0 Å². The molecule has 5 nitrogen and oxygen atoms in total. The van der Waals surface area contributed by atoms with E-state index in [1.54, 1.807) is 6.92 Å². The van der Waals surface area contributed by atoms with E-state index in [-0.39, 0.29) is 17.8 Å². The molecule has 1 atom stereocenters. The number of aromatic carboxylic acids is 1. The highest BCUT2D eigenvalue weighted by Gasteiger charge is 2.10. The highest BCUT2D eigenvalue weighted by atomic mass is 16.5.